The van der Waals surface area contributed by atoms with Crippen molar-refractivity contribution in [3.63, 3.8) is 0 Å². The molecular formula is C17H14ClN5O3. The molecule has 26 heavy (non-hydrogen) atoms. The molecule has 0 aliphatic carbocycles. The molecule has 2 aromatic heterocycles. The molecule has 1 aromatic carbocycles. The number of rotatable bonds is 4. The van der Waals surface area contributed by atoms with Crippen LogP contribution in [-0.4, -0.2) is 25.4 Å². The second-order valence-electron chi connectivity index (χ2n) is 5.47. The fourth-order valence-electron chi connectivity index (χ4n) is 2.29. The normalized spacial score (nSPS) is 10.5. The van der Waals surface area contributed by atoms with Crippen molar-refractivity contribution in [2.75, 3.05) is 5.32 Å². The Morgan fingerprint density at radius 1 is 1.27 bits per heavy atom. The zero-order valence-electron chi connectivity index (χ0n) is 13.7. The van der Waals surface area contributed by atoms with Crippen molar-refractivity contribution in [2.24, 2.45) is 0 Å². The quantitative estimate of drug-likeness (QED) is 0.723. The van der Waals surface area contributed by atoms with E-state index in [-0.39, 0.29) is 18.1 Å². The molecule has 0 aliphatic rings. The number of hydrogen-bond donors (Lipinski definition) is 2. The van der Waals surface area contributed by atoms with Gasteiger partial charge in [-0.15, -0.1) is 0 Å². The summed E-state index contributed by atoms with van der Waals surface area (Å²) < 4.78 is 0.910. The van der Waals surface area contributed by atoms with Crippen molar-refractivity contribution in [2.45, 2.75) is 13.5 Å². The molecule has 2 heterocycles. The third kappa shape index (κ3) is 3.70. The first-order valence-corrected chi connectivity index (χ1v) is 8.00. The van der Waals surface area contributed by atoms with Gasteiger partial charge >= 0.3 is 5.69 Å². The number of nitrogens with one attached hydrogen (secondary N) is 2. The number of aromatic nitrogens is 4. The van der Waals surface area contributed by atoms with Gasteiger partial charge < -0.3 is 4.98 Å². The minimum Gasteiger partial charge on any atom is -0.313 e. The van der Waals surface area contributed by atoms with Crippen LogP contribution in [0.3, 0.4) is 0 Å². The predicted octanol–water partition coefficient (Wildman–Crippen LogP) is 1.59. The number of anilines is 1. The number of carbonyl (C=O) groups excluding carboxylic acids is 1. The monoisotopic (exact) mass is 371 g/mol. The van der Waals surface area contributed by atoms with Gasteiger partial charge in [0.1, 0.15) is 5.56 Å². The highest BCUT2D eigenvalue weighted by molar-refractivity contribution is 6.31. The molecule has 3 rings (SSSR count). The number of halogens is 1. The second kappa shape index (κ2) is 7.32. The highest BCUT2D eigenvalue weighted by Gasteiger charge is 2.16. The Bertz CT molecular complexity index is 1090. The molecule has 3 aromatic rings. The van der Waals surface area contributed by atoms with Crippen molar-refractivity contribution >= 4 is 23.5 Å². The summed E-state index contributed by atoms with van der Waals surface area (Å²) in [7, 11) is 0. The lowest BCUT2D eigenvalue weighted by Gasteiger charge is -2.08. The standard InChI is InChI=1S/C17H14ClN5O3/c1-10-6-7-19-16(21-10)22-14(24)12-8-20-17(26)23(15(12)25)9-11-4-2-3-5-13(11)18/h2-8H,9H2,1H3,(H,20,26)(H,19,21,22,24). The Hall–Kier alpha value is -3.26. The number of aryl methyl sites for hydroxylation is 1. The van der Waals surface area contributed by atoms with E-state index in [1.165, 1.54) is 6.20 Å². The van der Waals surface area contributed by atoms with Gasteiger partial charge in [0.2, 0.25) is 5.95 Å². The van der Waals surface area contributed by atoms with E-state index in [4.69, 9.17) is 11.6 Å². The zero-order chi connectivity index (χ0) is 18.7. The van der Waals surface area contributed by atoms with E-state index >= 15 is 0 Å². The summed E-state index contributed by atoms with van der Waals surface area (Å²) in [5.41, 5.74) is -0.368. The minimum atomic E-state index is -0.737. The first-order chi connectivity index (χ1) is 12.5. The van der Waals surface area contributed by atoms with Gasteiger partial charge in [-0.1, -0.05) is 29.8 Å². The van der Waals surface area contributed by atoms with Gasteiger partial charge in [0, 0.05) is 23.1 Å². The van der Waals surface area contributed by atoms with E-state index in [1.54, 1.807) is 37.3 Å². The lowest BCUT2D eigenvalue weighted by molar-refractivity contribution is 0.102. The predicted molar refractivity (Wildman–Crippen MR) is 96.6 cm³/mol. The van der Waals surface area contributed by atoms with Crippen molar-refractivity contribution in [3.05, 3.63) is 85.4 Å². The third-order valence-corrected chi connectivity index (χ3v) is 3.98. The highest BCUT2D eigenvalue weighted by atomic mass is 35.5. The van der Waals surface area contributed by atoms with Crippen molar-refractivity contribution in [1.82, 2.24) is 19.5 Å². The molecule has 1 amide bonds. The lowest BCUT2D eigenvalue weighted by Crippen LogP contribution is -2.39. The van der Waals surface area contributed by atoms with E-state index in [2.05, 4.69) is 20.3 Å². The van der Waals surface area contributed by atoms with Crippen LogP contribution in [0.15, 0.2) is 52.3 Å². The number of H-pyrrole nitrogens is 1. The van der Waals surface area contributed by atoms with Crippen LogP contribution in [0.2, 0.25) is 5.02 Å². The van der Waals surface area contributed by atoms with Gasteiger partial charge in [-0.25, -0.2) is 14.8 Å². The molecule has 0 atom stereocenters. The molecule has 0 saturated heterocycles. The van der Waals surface area contributed by atoms with Crippen molar-refractivity contribution in [1.29, 1.82) is 0 Å². The van der Waals surface area contributed by atoms with Gasteiger partial charge in [0.25, 0.3) is 11.5 Å². The molecule has 0 spiro atoms. The Labute approximate surface area is 152 Å². The van der Waals surface area contributed by atoms with Crippen molar-refractivity contribution < 1.29 is 4.79 Å². The van der Waals surface area contributed by atoms with Crippen molar-refractivity contribution in [3.8, 4) is 0 Å². The van der Waals surface area contributed by atoms with Crippen LogP contribution in [0.4, 0.5) is 5.95 Å². The third-order valence-electron chi connectivity index (χ3n) is 3.61. The topological polar surface area (TPSA) is 110 Å². The SMILES string of the molecule is Cc1ccnc(NC(=O)c2c[nH]c(=O)n(Cc3ccccc3Cl)c2=O)n1. The Kier molecular flexibility index (Phi) is 4.94. The molecule has 0 fully saturated rings. The molecule has 0 radical (unpaired) electrons. The van der Waals surface area contributed by atoms with E-state index in [1.807, 2.05) is 0 Å². The molecular weight excluding hydrogens is 358 g/mol. The van der Waals surface area contributed by atoms with Crippen LogP contribution in [0, 0.1) is 6.92 Å². The lowest BCUT2D eigenvalue weighted by atomic mass is 10.2. The van der Waals surface area contributed by atoms with E-state index < -0.39 is 17.2 Å². The Morgan fingerprint density at radius 2 is 2.04 bits per heavy atom. The number of amides is 1. The van der Waals surface area contributed by atoms with E-state index in [0.717, 1.165) is 10.8 Å². The molecule has 8 nitrogen and oxygen atoms in total. The van der Waals surface area contributed by atoms with Gasteiger partial charge in [-0.05, 0) is 24.6 Å². The summed E-state index contributed by atoms with van der Waals surface area (Å²) in [5, 5.41) is 2.86. The number of hydrogen-bond acceptors (Lipinski definition) is 5. The first kappa shape index (κ1) is 17.6. The number of nitrogens with zero attached hydrogens (tertiary/aromatic N) is 3. The molecule has 9 heteroatoms. The average molecular weight is 372 g/mol. The van der Waals surface area contributed by atoms with Crippen LogP contribution < -0.4 is 16.6 Å². The fourth-order valence-corrected chi connectivity index (χ4v) is 2.49. The number of aromatic amines is 1. The summed E-state index contributed by atoms with van der Waals surface area (Å²) >= 11 is 6.08. The zero-order valence-corrected chi connectivity index (χ0v) is 14.4. The maximum atomic E-state index is 12.6. The van der Waals surface area contributed by atoms with Crippen LogP contribution in [0.1, 0.15) is 21.6 Å². The molecule has 132 valence electrons. The maximum absolute atomic E-state index is 12.6. The molecule has 0 aliphatic heterocycles. The summed E-state index contributed by atoms with van der Waals surface area (Å²) in [4.78, 5) is 47.4. The van der Waals surface area contributed by atoms with Crippen LogP contribution in [0.25, 0.3) is 0 Å². The maximum Gasteiger partial charge on any atom is 0.328 e. The van der Waals surface area contributed by atoms with Crippen LogP contribution in [-0.2, 0) is 6.54 Å². The smallest absolute Gasteiger partial charge is 0.313 e. The largest absolute Gasteiger partial charge is 0.328 e. The van der Waals surface area contributed by atoms with E-state index in [9.17, 15) is 14.4 Å². The number of benzene rings is 1. The number of carbonyl (C=O) groups is 1. The molecule has 2 N–H and O–H groups in total. The van der Waals surface area contributed by atoms with Crippen LogP contribution in [0.5, 0.6) is 0 Å². The van der Waals surface area contributed by atoms with Gasteiger partial charge in [0.15, 0.2) is 0 Å². The summed E-state index contributed by atoms with van der Waals surface area (Å²) in [6, 6.07) is 8.51. The molecule has 0 bridgehead atoms. The summed E-state index contributed by atoms with van der Waals surface area (Å²) in [5.74, 6) is -0.650. The van der Waals surface area contributed by atoms with Crippen LogP contribution >= 0.6 is 11.6 Å². The highest BCUT2D eigenvalue weighted by Crippen LogP contribution is 2.15. The average Bonchev–Trinajstić information content (AvgIpc) is 2.60. The second-order valence-corrected chi connectivity index (χ2v) is 5.87. The molecule has 0 unspecified atom stereocenters. The Morgan fingerprint density at radius 3 is 2.77 bits per heavy atom. The fraction of sp³-hybridized carbons (Fsp3) is 0.118. The minimum absolute atomic E-state index is 0.0596. The summed E-state index contributed by atoms with van der Waals surface area (Å²) in [6.45, 7) is 1.68. The van der Waals surface area contributed by atoms with Gasteiger partial charge in [-0.3, -0.25) is 19.5 Å². The summed E-state index contributed by atoms with van der Waals surface area (Å²) in [6.07, 6.45) is 2.55. The van der Waals surface area contributed by atoms with Gasteiger partial charge in [-0.2, -0.15) is 0 Å². The Balaban J connectivity index is 1.94. The van der Waals surface area contributed by atoms with Gasteiger partial charge in [0.05, 0.1) is 6.54 Å². The first-order valence-electron chi connectivity index (χ1n) is 7.62. The van der Waals surface area contributed by atoms with E-state index in [0.29, 0.717) is 16.3 Å². The molecule has 0 saturated carbocycles.